The number of nitrogens with one attached hydrogen (secondary N) is 2. The third kappa shape index (κ3) is 2.45. The van der Waals surface area contributed by atoms with Crippen molar-refractivity contribution in [1.29, 1.82) is 0 Å². The average Bonchev–Trinajstić information content (AvgIpc) is 2.87. The van der Waals surface area contributed by atoms with Gasteiger partial charge in [-0.1, -0.05) is 6.92 Å². The lowest BCUT2D eigenvalue weighted by molar-refractivity contribution is 0.0694. The molecule has 3 N–H and O–H groups in total. The van der Waals surface area contributed by atoms with Crippen LogP contribution in [0.1, 0.15) is 23.2 Å². The fourth-order valence-corrected chi connectivity index (χ4v) is 1.30. The van der Waals surface area contributed by atoms with E-state index in [1.54, 1.807) is 0 Å². The van der Waals surface area contributed by atoms with E-state index in [1.165, 1.54) is 11.8 Å². The molecule has 1 amide bonds. The van der Waals surface area contributed by atoms with Gasteiger partial charge in [0, 0.05) is 0 Å². The van der Waals surface area contributed by atoms with Gasteiger partial charge < -0.3 is 4.98 Å². The first-order valence-corrected chi connectivity index (χ1v) is 4.90. The number of aromatic amines is 1. The van der Waals surface area contributed by atoms with Crippen LogP contribution in [0, 0.1) is 0 Å². The molecule has 0 saturated carbocycles. The monoisotopic (exact) mass is 235 g/mol. The topological polar surface area (TPSA) is 104 Å². The lowest BCUT2D eigenvalue weighted by atomic mass is 10.3. The summed E-state index contributed by atoms with van der Waals surface area (Å²) in [7, 11) is 0. The Balaban J connectivity index is 0.000000686. The smallest absolute Gasteiger partial charge is 0.312 e. The van der Waals surface area contributed by atoms with E-state index >= 15 is 0 Å². The highest BCUT2D eigenvalue weighted by atomic mass is 16.5. The normalized spacial score (nSPS) is 9.53. The number of imidazole rings is 1. The first-order valence-electron chi connectivity index (χ1n) is 4.90. The Morgan fingerprint density at radius 1 is 1.53 bits per heavy atom. The van der Waals surface area contributed by atoms with Crippen LogP contribution in [0.15, 0.2) is 19.5 Å². The third-order valence-electron chi connectivity index (χ3n) is 2.00. The highest BCUT2D eigenvalue weighted by molar-refractivity contribution is 5.91. The van der Waals surface area contributed by atoms with Crippen LogP contribution in [-0.2, 0) is 6.42 Å². The fourth-order valence-electron chi connectivity index (χ4n) is 1.30. The zero-order valence-corrected chi connectivity index (χ0v) is 9.40. The molecule has 0 atom stereocenters. The zero-order chi connectivity index (χ0) is 12.8. The minimum Gasteiger partial charge on any atom is -0.342 e. The summed E-state index contributed by atoms with van der Waals surface area (Å²) < 4.78 is 0. The summed E-state index contributed by atoms with van der Waals surface area (Å²) >= 11 is 0. The van der Waals surface area contributed by atoms with Crippen molar-refractivity contribution in [1.82, 2.24) is 25.4 Å². The van der Waals surface area contributed by atoms with Gasteiger partial charge in [0.1, 0.15) is 5.52 Å². The maximum Gasteiger partial charge on any atom is 0.312 e. The van der Waals surface area contributed by atoms with Gasteiger partial charge in [-0.3, -0.25) is 10.0 Å². The van der Waals surface area contributed by atoms with E-state index in [9.17, 15) is 4.79 Å². The van der Waals surface area contributed by atoms with E-state index in [-0.39, 0.29) is 5.82 Å². The molecule has 0 bridgehead atoms. The molecule has 17 heavy (non-hydrogen) atoms. The van der Waals surface area contributed by atoms with Crippen LogP contribution in [-0.4, -0.2) is 31.1 Å². The van der Waals surface area contributed by atoms with Crippen LogP contribution in [0.3, 0.4) is 0 Å². The number of nitrogens with zero attached hydrogens (tertiary/aromatic N) is 3. The second-order valence-electron chi connectivity index (χ2n) is 2.89. The summed E-state index contributed by atoms with van der Waals surface area (Å²) in [6.45, 7) is 7.91. The lowest BCUT2D eigenvalue weighted by Gasteiger charge is -2.01. The van der Waals surface area contributed by atoms with Crippen molar-refractivity contribution in [3.63, 3.8) is 0 Å². The summed E-state index contributed by atoms with van der Waals surface area (Å²) in [5.41, 5.74) is 3.31. The number of H-pyrrole nitrogens is 1. The van der Waals surface area contributed by atoms with Crippen molar-refractivity contribution in [3.8, 4) is 0 Å². The van der Waals surface area contributed by atoms with Crippen LogP contribution in [0.5, 0.6) is 0 Å². The predicted octanol–water partition coefficient (Wildman–Crippen LogP) is 0.836. The number of hydroxylamine groups is 1. The van der Waals surface area contributed by atoms with Gasteiger partial charge in [-0.05, 0) is 6.42 Å². The minimum atomic E-state index is -0.741. The average molecular weight is 235 g/mol. The summed E-state index contributed by atoms with van der Waals surface area (Å²) in [6, 6.07) is 0. The van der Waals surface area contributed by atoms with E-state index < -0.39 is 5.91 Å². The molecule has 0 saturated heterocycles. The maximum absolute atomic E-state index is 11.1. The van der Waals surface area contributed by atoms with Crippen molar-refractivity contribution in [3.05, 3.63) is 31.0 Å². The Kier molecular flexibility index (Phi) is 4.29. The van der Waals surface area contributed by atoms with Gasteiger partial charge in [0.15, 0.2) is 5.65 Å². The van der Waals surface area contributed by atoms with Crippen LogP contribution < -0.4 is 5.48 Å². The van der Waals surface area contributed by atoms with Crippen LogP contribution in [0.2, 0.25) is 0 Å². The molecular weight excluding hydrogens is 222 g/mol. The number of hydrogen-bond donors (Lipinski definition) is 3. The summed E-state index contributed by atoms with van der Waals surface area (Å²) in [6.07, 6.45) is 2.13. The van der Waals surface area contributed by atoms with Gasteiger partial charge in [0.05, 0.1) is 12.0 Å². The maximum atomic E-state index is 11.1. The fraction of sp³-hybridized carbons (Fsp3) is 0.200. The third-order valence-corrected chi connectivity index (χ3v) is 2.00. The summed E-state index contributed by atoms with van der Waals surface area (Å²) in [5, 5.41) is 8.47. The predicted molar refractivity (Wildman–Crippen MR) is 61.6 cm³/mol. The van der Waals surface area contributed by atoms with E-state index in [1.807, 2.05) is 6.92 Å². The van der Waals surface area contributed by atoms with Crippen LogP contribution >= 0.6 is 0 Å². The van der Waals surface area contributed by atoms with Crippen molar-refractivity contribution < 1.29 is 10.0 Å². The second-order valence-corrected chi connectivity index (χ2v) is 2.89. The Morgan fingerprint density at radius 3 is 2.82 bits per heavy atom. The molecule has 7 heteroatoms. The molecule has 0 aliphatic carbocycles. The molecular formula is C10H13N5O2. The van der Waals surface area contributed by atoms with Gasteiger partial charge in [0.2, 0.25) is 5.82 Å². The second kappa shape index (κ2) is 5.71. The first-order chi connectivity index (χ1) is 8.26. The van der Waals surface area contributed by atoms with E-state index in [2.05, 4.69) is 33.1 Å². The van der Waals surface area contributed by atoms with E-state index in [0.717, 1.165) is 0 Å². The molecule has 2 heterocycles. The number of rotatable bonds is 2. The molecule has 0 aromatic carbocycles. The summed E-state index contributed by atoms with van der Waals surface area (Å²) in [4.78, 5) is 25.8. The van der Waals surface area contributed by atoms with Gasteiger partial charge in [-0.2, -0.15) is 0 Å². The number of aryl methyl sites for hydroxylation is 1. The van der Waals surface area contributed by atoms with Crippen molar-refractivity contribution in [2.24, 2.45) is 0 Å². The standard InChI is InChI=1S/C8H9N5O2.C2H4/c1-2-4-5-6(10-3-9-5)12-7(11-4)8(14)13-15;1-2/h3,15H,2H2,1H3,(H,13,14)(H,9,10,11,12);1-2H2. The molecule has 90 valence electrons. The van der Waals surface area contributed by atoms with Crippen molar-refractivity contribution in [2.75, 3.05) is 0 Å². The molecule has 7 nitrogen and oxygen atoms in total. The molecule has 2 rings (SSSR count). The number of fused-ring (bicyclic) bond motifs is 1. The van der Waals surface area contributed by atoms with Crippen LogP contribution in [0.4, 0.5) is 0 Å². The van der Waals surface area contributed by atoms with Gasteiger partial charge >= 0.3 is 5.91 Å². The molecule has 2 aromatic heterocycles. The largest absolute Gasteiger partial charge is 0.342 e. The number of amides is 1. The molecule has 0 spiro atoms. The molecule has 0 aliphatic heterocycles. The van der Waals surface area contributed by atoms with E-state index in [0.29, 0.717) is 23.3 Å². The van der Waals surface area contributed by atoms with Crippen LogP contribution in [0.25, 0.3) is 11.2 Å². The number of aromatic nitrogens is 4. The quantitative estimate of drug-likeness (QED) is 0.406. The van der Waals surface area contributed by atoms with Gasteiger partial charge in [0.25, 0.3) is 0 Å². The zero-order valence-electron chi connectivity index (χ0n) is 9.40. The molecule has 0 aliphatic rings. The SMILES string of the molecule is C=C.CCc1nc(C(=O)NO)nc2nc[nH]c12. The summed E-state index contributed by atoms with van der Waals surface area (Å²) in [5.74, 6) is -0.830. The number of carbonyl (C=O) groups excluding carboxylic acids is 1. The Bertz CT molecular complexity index is 522. The lowest BCUT2D eigenvalue weighted by Crippen LogP contribution is -2.22. The molecule has 2 aromatic rings. The first kappa shape index (κ1) is 12.8. The Morgan fingerprint density at radius 2 is 2.24 bits per heavy atom. The Hall–Kier alpha value is -2.28. The molecule has 0 fully saturated rings. The van der Waals surface area contributed by atoms with E-state index in [4.69, 9.17) is 5.21 Å². The van der Waals surface area contributed by atoms with Crippen molar-refractivity contribution in [2.45, 2.75) is 13.3 Å². The number of hydrogen-bond acceptors (Lipinski definition) is 5. The Labute approximate surface area is 97.6 Å². The highest BCUT2D eigenvalue weighted by Crippen LogP contribution is 2.11. The minimum absolute atomic E-state index is 0.0889. The molecule has 0 unspecified atom stereocenters. The van der Waals surface area contributed by atoms with Gasteiger partial charge in [-0.15, -0.1) is 13.2 Å². The number of carbonyl (C=O) groups is 1. The molecule has 0 radical (unpaired) electrons. The van der Waals surface area contributed by atoms with Gasteiger partial charge in [-0.25, -0.2) is 20.4 Å². The highest BCUT2D eigenvalue weighted by Gasteiger charge is 2.13. The van der Waals surface area contributed by atoms with Crippen molar-refractivity contribution >= 4 is 17.1 Å².